The van der Waals surface area contributed by atoms with Gasteiger partial charge in [-0.3, -0.25) is 5.32 Å². The number of nitrogens with one attached hydrogen (secondary N) is 1. The number of hydrogen-bond acceptors (Lipinski definition) is 3. The number of aliphatic hydroxyl groups is 1. The molecule has 0 fully saturated rings. The lowest BCUT2D eigenvalue weighted by atomic mass is 9.87. The molecule has 0 radical (unpaired) electrons. The van der Waals surface area contributed by atoms with Gasteiger partial charge in [0.25, 0.3) is 0 Å². The number of hydrogen-bond donors (Lipinski definition) is 3. The summed E-state index contributed by atoms with van der Waals surface area (Å²) in [5.41, 5.74) is -0.400. The van der Waals surface area contributed by atoms with E-state index in [1.807, 2.05) is 25.1 Å². The van der Waals surface area contributed by atoms with Crippen molar-refractivity contribution in [3.05, 3.63) is 35.9 Å². The highest BCUT2D eigenvalue weighted by Gasteiger charge is 2.37. The SMILES string of the molecule is CCC(NCCO)(C(=O)O)c1ccccc1. The molecule has 88 valence electrons. The van der Waals surface area contributed by atoms with Crippen LogP contribution in [0.4, 0.5) is 0 Å². The van der Waals surface area contributed by atoms with Gasteiger partial charge in [-0.15, -0.1) is 0 Å². The molecule has 1 unspecified atom stereocenters. The average molecular weight is 223 g/mol. The van der Waals surface area contributed by atoms with E-state index in [9.17, 15) is 9.90 Å². The van der Waals surface area contributed by atoms with Crippen molar-refractivity contribution in [2.24, 2.45) is 0 Å². The van der Waals surface area contributed by atoms with E-state index in [0.717, 1.165) is 0 Å². The highest BCUT2D eigenvalue weighted by molar-refractivity contribution is 5.80. The Labute approximate surface area is 94.9 Å². The molecule has 0 saturated carbocycles. The Hall–Kier alpha value is -1.39. The lowest BCUT2D eigenvalue weighted by Crippen LogP contribution is -2.49. The smallest absolute Gasteiger partial charge is 0.328 e. The van der Waals surface area contributed by atoms with Crippen molar-refractivity contribution in [2.75, 3.05) is 13.2 Å². The first-order valence-corrected chi connectivity index (χ1v) is 5.32. The Morgan fingerprint density at radius 1 is 1.38 bits per heavy atom. The van der Waals surface area contributed by atoms with Gasteiger partial charge in [0.15, 0.2) is 0 Å². The number of carboxylic acids is 1. The summed E-state index contributed by atoms with van der Waals surface area (Å²) in [5, 5.41) is 21.1. The van der Waals surface area contributed by atoms with Gasteiger partial charge in [0.1, 0.15) is 5.54 Å². The van der Waals surface area contributed by atoms with Crippen LogP contribution >= 0.6 is 0 Å². The molecule has 0 spiro atoms. The number of carboxylic acid groups (broad SMARTS) is 1. The van der Waals surface area contributed by atoms with Crippen molar-refractivity contribution in [2.45, 2.75) is 18.9 Å². The third kappa shape index (κ3) is 2.40. The molecule has 16 heavy (non-hydrogen) atoms. The molecule has 3 N–H and O–H groups in total. The quantitative estimate of drug-likeness (QED) is 0.672. The van der Waals surface area contributed by atoms with Crippen LogP contribution in [-0.4, -0.2) is 29.3 Å². The van der Waals surface area contributed by atoms with Gasteiger partial charge in [-0.25, -0.2) is 4.79 Å². The Morgan fingerprint density at radius 2 is 2.00 bits per heavy atom. The van der Waals surface area contributed by atoms with Crippen molar-refractivity contribution < 1.29 is 15.0 Å². The van der Waals surface area contributed by atoms with Crippen LogP contribution in [0.3, 0.4) is 0 Å². The summed E-state index contributed by atoms with van der Waals surface area (Å²) in [6, 6.07) is 9.02. The number of rotatable bonds is 6. The van der Waals surface area contributed by atoms with Crippen molar-refractivity contribution >= 4 is 5.97 Å². The number of carbonyl (C=O) groups is 1. The van der Waals surface area contributed by atoms with E-state index in [2.05, 4.69) is 5.32 Å². The minimum absolute atomic E-state index is 0.0815. The Balaban J connectivity index is 3.07. The summed E-state index contributed by atoms with van der Waals surface area (Å²) < 4.78 is 0. The molecule has 0 aliphatic carbocycles. The zero-order valence-electron chi connectivity index (χ0n) is 9.31. The fourth-order valence-corrected chi connectivity index (χ4v) is 1.77. The summed E-state index contributed by atoms with van der Waals surface area (Å²) in [6.07, 6.45) is 0.423. The van der Waals surface area contributed by atoms with E-state index in [1.54, 1.807) is 12.1 Å². The topological polar surface area (TPSA) is 69.6 Å². The third-order valence-electron chi connectivity index (χ3n) is 2.70. The minimum Gasteiger partial charge on any atom is -0.480 e. The first kappa shape index (κ1) is 12.7. The van der Waals surface area contributed by atoms with Gasteiger partial charge < -0.3 is 10.2 Å². The number of aliphatic carboxylic acids is 1. The van der Waals surface area contributed by atoms with Crippen molar-refractivity contribution in [1.82, 2.24) is 5.32 Å². The maximum atomic E-state index is 11.4. The fraction of sp³-hybridized carbons (Fsp3) is 0.417. The third-order valence-corrected chi connectivity index (χ3v) is 2.70. The highest BCUT2D eigenvalue weighted by atomic mass is 16.4. The predicted molar refractivity (Wildman–Crippen MR) is 61.1 cm³/mol. The van der Waals surface area contributed by atoms with Gasteiger partial charge in [0.2, 0.25) is 0 Å². The van der Waals surface area contributed by atoms with Gasteiger partial charge >= 0.3 is 5.97 Å². The molecular weight excluding hydrogens is 206 g/mol. The van der Waals surface area contributed by atoms with Crippen molar-refractivity contribution in [3.63, 3.8) is 0 Å². The molecule has 0 aliphatic heterocycles. The normalized spacial score (nSPS) is 14.4. The zero-order valence-corrected chi connectivity index (χ0v) is 9.31. The maximum absolute atomic E-state index is 11.4. The van der Waals surface area contributed by atoms with Crippen molar-refractivity contribution in [3.8, 4) is 0 Å². The van der Waals surface area contributed by atoms with Gasteiger partial charge in [0.05, 0.1) is 6.61 Å². The van der Waals surface area contributed by atoms with Crippen LogP contribution in [0.1, 0.15) is 18.9 Å². The Morgan fingerprint density at radius 3 is 2.44 bits per heavy atom. The summed E-state index contributed by atoms with van der Waals surface area (Å²) in [5.74, 6) is -0.922. The standard InChI is InChI=1S/C12H17NO3/c1-2-12(11(15)16,13-8-9-14)10-6-4-3-5-7-10/h3-7,13-14H,2,8-9H2,1H3,(H,15,16). The molecule has 1 aromatic rings. The van der Waals surface area contributed by atoms with Crippen LogP contribution < -0.4 is 5.32 Å². The molecule has 0 bridgehead atoms. The molecule has 0 amide bonds. The second kappa shape index (κ2) is 5.63. The largest absolute Gasteiger partial charge is 0.480 e. The van der Waals surface area contributed by atoms with Crippen LogP contribution in [0.15, 0.2) is 30.3 Å². The van der Waals surface area contributed by atoms with Crippen LogP contribution in [0.5, 0.6) is 0 Å². The number of aliphatic hydroxyl groups excluding tert-OH is 1. The molecule has 0 aliphatic rings. The van der Waals surface area contributed by atoms with Gasteiger partial charge in [-0.05, 0) is 12.0 Å². The zero-order chi connectivity index (χ0) is 12.0. The van der Waals surface area contributed by atoms with Crippen LogP contribution in [0.2, 0.25) is 0 Å². The van der Waals surface area contributed by atoms with E-state index in [1.165, 1.54) is 0 Å². The Bertz CT molecular complexity index is 339. The van der Waals surface area contributed by atoms with E-state index >= 15 is 0 Å². The lowest BCUT2D eigenvalue weighted by Gasteiger charge is -2.29. The van der Waals surface area contributed by atoms with E-state index in [-0.39, 0.29) is 13.2 Å². The van der Waals surface area contributed by atoms with E-state index < -0.39 is 11.5 Å². The van der Waals surface area contributed by atoms with E-state index in [4.69, 9.17) is 5.11 Å². The molecule has 1 aromatic carbocycles. The molecule has 4 nitrogen and oxygen atoms in total. The number of benzene rings is 1. The second-order valence-corrected chi connectivity index (χ2v) is 3.58. The monoisotopic (exact) mass is 223 g/mol. The molecule has 0 saturated heterocycles. The molecule has 1 rings (SSSR count). The second-order valence-electron chi connectivity index (χ2n) is 3.58. The van der Waals surface area contributed by atoms with Crippen LogP contribution in [0, 0.1) is 0 Å². The minimum atomic E-state index is -1.11. The maximum Gasteiger partial charge on any atom is 0.328 e. The molecule has 0 heterocycles. The van der Waals surface area contributed by atoms with Crippen molar-refractivity contribution in [1.29, 1.82) is 0 Å². The molecule has 1 atom stereocenters. The van der Waals surface area contributed by atoms with E-state index in [0.29, 0.717) is 12.0 Å². The summed E-state index contributed by atoms with van der Waals surface area (Å²) in [7, 11) is 0. The highest BCUT2D eigenvalue weighted by Crippen LogP contribution is 2.25. The van der Waals surface area contributed by atoms with Gasteiger partial charge in [-0.2, -0.15) is 0 Å². The molecular formula is C12H17NO3. The van der Waals surface area contributed by atoms with Crippen LogP contribution in [-0.2, 0) is 10.3 Å². The summed E-state index contributed by atoms with van der Waals surface area (Å²) >= 11 is 0. The van der Waals surface area contributed by atoms with Crippen LogP contribution in [0.25, 0.3) is 0 Å². The summed E-state index contributed by atoms with van der Waals surface area (Å²) in [6.45, 7) is 1.99. The van der Waals surface area contributed by atoms with Gasteiger partial charge in [-0.1, -0.05) is 37.3 Å². The first-order valence-electron chi connectivity index (χ1n) is 5.32. The molecule has 4 heteroatoms. The first-order chi connectivity index (χ1) is 7.67. The predicted octanol–water partition coefficient (Wildman–Crippen LogP) is 0.958. The van der Waals surface area contributed by atoms with Gasteiger partial charge in [0, 0.05) is 6.54 Å². The molecule has 0 aromatic heterocycles. The lowest BCUT2D eigenvalue weighted by molar-refractivity contribution is -0.145. The average Bonchev–Trinajstić information content (AvgIpc) is 2.31. The summed E-state index contributed by atoms with van der Waals surface area (Å²) in [4.78, 5) is 11.4. The fourth-order valence-electron chi connectivity index (χ4n) is 1.77. The Kier molecular flexibility index (Phi) is 4.46.